The van der Waals surface area contributed by atoms with Crippen molar-refractivity contribution in [3.05, 3.63) is 174 Å². The topological polar surface area (TPSA) is 17.0 Å². The minimum atomic E-state index is 0.820. The van der Waals surface area contributed by atoms with E-state index < -0.39 is 0 Å². The molecule has 0 saturated carbocycles. The van der Waals surface area contributed by atoms with Gasteiger partial charge in [-0.3, -0.25) is 0 Å². The van der Waals surface area contributed by atoms with Gasteiger partial charge in [-0.1, -0.05) is 110 Å². The fraction of sp³-hybridized carbons (Fsp3) is 0.116. The predicted molar refractivity (Wildman–Crippen MR) is 195 cm³/mol. The number of likely N-dealkylation sites (N-methyl/N-ethyl adjacent to an activating group) is 1. The highest BCUT2D eigenvalue weighted by atomic mass is 15.0. The summed E-state index contributed by atoms with van der Waals surface area (Å²) in [4.78, 5) is 0. The molecule has 220 valence electrons. The number of nitrogens with one attached hydrogen (secondary N) is 1. The van der Waals surface area contributed by atoms with Crippen LogP contribution in [0.4, 0.5) is 0 Å². The van der Waals surface area contributed by atoms with Gasteiger partial charge < -0.3 is 9.88 Å². The first-order valence-corrected chi connectivity index (χ1v) is 15.8. The largest absolute Gasteiger partial charge is 0.388 e. The van der Waals surface area contributed by atoms with Gasteiger partial charge in [0, 0.05) is 41.2 Å². The third-order valence-corrected chi connectivity index (χ3v) is 9.24. The second kappa shape index (κ2) is 12.0. The zero-order valence-electron chi connectivity index (χ0n) is 26.1. The molecule has 2 aliphatic carbocycles. The quantitative estimate of drug-likeness (QED) is 0.171. The number of nitrogens with zero attached hydrogens (tertiary/aromatic N) is 1. The van der Waals surface area contributed by atoms with Crippen LogP contribution in [0.2, 0.25) is 0 Å². The van der Waals surface area contributed by atoms with Crippen molar-refractivity contribution in [1.29, 1.82) is 0 Å². The summed E-state index contributed by atoms with van der Waals surface area (Å²) in [5, 5.41) is 5.91. The lowest BCUT2D eigenvalue weighted by molar-refractivity contribution is 1.04. The molecular weight excluding hydrogens is 544 g/mol. The van der Waals surface area contributed by atoms with Crippen molar-refractivity contribution in [3.8, 4) is 11.1 Å². The summed E-state index contributed by atoms with van der Waals surface area (Å²) in [5.74, 6) is 0. The molecule has 7 rings (SSSR count). The van der Waals surface area contributed by atoms with Crippen LogP contribution in [-0.4, -0.2) is 11.6 Å². The first-order valence-electron chi connectivity index (χ1n) is 15.8. The summed E-state index contributed by atoms with van der Waals surface area (Å²) in [6.07, 6.45) is 17.4. The molecule has 0 radical (unpaired) electrons. The molecule has 0 saturated heterocycles. The third kappa shape index (κ3) is 4.84. The Bertz CT molecular complexity index is 2160. The van der Waals surface area contributed by atoms with Gasteiger partial charge in [0.05, 0.1) is 11.0 Å². The van der Waals surface area contributed by atoms with Gasteiger partial charge in [-0.25, -0.2) is 0 Å². The summed E-state index contributed by atoms with van der Waals surface area (Å²) in [6.45, 7) is 9.99. The maximum absolute atomic E-state index is 4.08. The van der Waals surface area contributed by atoms with Crippen LogP contribution in [-0.2, 0) is 12.8 Å². The highest BCUT2D eigenvalue weighted by Crippen LogP contribution is 2.47. The van der Waals surface area contributed by atoms with E-state index >= 15 is 0 Å². The van der Waals surface area contributed by atoms with Gasteiger partial charge in [0.1, 0.15) is 0 Å². The van der Waals surface area contributed by atoms with Gasteiger partial charge in [0.2, 0.25) is 0 Å². The lowest BCUT2D eigenvalue weighted by atomic mass is 9.91. The van der Waals surface area contributed by atoms with Gasteiger partial charge in [-0.2, -0.15) is 0 Å². The van der Waals surface area contributed by atoms with Crippen LogP contribution in [0.25, 0.3) is 49.8 Å². The number of hydrogen-bond donors (Lipinski definition) is 1. The molecule has 2 aliphatic rings. The fourth-order valence-corrected chi connectivity index (χ4v) is 7.18. The first kappa shape index (κ1) is 28.4. The van der Waals surface area contributed by atoms with Crippen LogP contribution in [0.15, 0.2) is 152 Å². The van der Waals surface area contributed by atoms with Crippen LogP contribution >= 0.6 is 0 Å². The molecule has 0 unspecified atom stereocenters. The Morgan fingerprint density at radius 2 is 1.64 bits per heavy atom. The minimum absolute atomic E-state index is 0.820. The second-order valence-electron chi connectivity index (χ2n) is 11.7. The van der Waals surface area contributed by atoms with E-state index in [1.54, 1.807) is 0 Å². The van der Waals surface area contributed by atoms with Crippen molar-refractivity contribution in [2.45, 2.75) is 26.2 Å². The summed E-state index contributed by atoms with van der Waals surface area (Å²) >= 11 is 0. The normalized spacial score (nSPS) is 14.8. The van der Waals surface area contributed by atoms with E-state index in [2.05, 4.69) is 139 Å². The Balaban J connectivity index is 1.38. The highest BCUT2D eigenvalue weighted by Gasteiger charge is 2.29. The smallest absolute Gasteiger partial charge is 0.0541 e. The Morgan fingerprint density at radius 1 is 0.867 bits per heavy atom. The van der Waals surface area contributed by atoms with E-state index in [1.807, 2.05) is 25.3 Å². The molecule has 0 spiro atoms. The number of benzene rings is 4. The average Bonchev–Trinajstić information content (AvgIpc) is 3.75. The monoisotopic (exact) mass is 582 g/mol. The van der Waals surface area contributed by atoms with E-state index in [1.165, 1.54) is 72.0 Å². The highest BCUT2D eigenvalue weighted by molar-refractivity contribution is 6.13. The van der Waals surface area contributed by atoms with Crippen molar-refractivity contribution in [2.75, 3.05) is 7.05 Å². The standard InChI is InChI=1S/C43H38N2/c1-5-8-9-15-29-20-21-30(26-37(29)35(14-6-2)40(7-3)44-4)31-22-24-42-39(27-31)36-18-12-13-19-41(36)45(42)43-25-23-34-33-17-11-10-16-32(33)28-38(34)43/h5-14,16-22,24-27,44H,1,3,15,23,28H2,2,4H3/b9-8-,14-6-,40-35-. The molecule has 0 aliphatic heterocycles. The maximum Gasteiger partial charge on any atom is 0.0541 e. The number of aromatic nitrogens is 1. The average molecular weight is 583 g/mol. The van der Waals surface area contributed by atoms with Gasteiger partial charge in [0.15, 0.2) is 0 Å². The zero-order chi connectivity index (χ0) is 30.9. The molecule has 0 bridgehead atoms. The Kier molecular flexibility index (Phi) is 7.57. The van der Waals surface area contributed by atoms with Crippen LogP contribution in [0.3, 0.4) is 0 Å². The third-order valence-electron chi connectivity index (χ3n) is 9.24. The van der Waals surface area contributed by atoms with E-state index in [4.69, 9.17) is 0 Å². The molecule has 1 aromatic heterocycles. The summed E-state index contributed by atoms with van der Waals surface area (Å²) in [7, 11) is 1.95. The predicted octanol–water partition coefficient (Wildman–Crippen LogP) is 10.7. The first-order chi connectivity index (χ1) is 22.2. The molecule has 5 aromatic rings. The van der Waals surface area contributed by atoms with E-state index in [9.17, 15) is 0 Å². The Hall–Kier alpha value is -5.34. The lowest BCUT2D eigenvalue weighted by Gasteiger charge is -2.16. The van der Waals surface area contributed by atoms with E-state index in [0.717, 1.165) is 30.5 Å². The molecule has 2 heteroatoms. The SMILES string of the molecule is C=C/C=C\Cc1ccc(-c2ccc3c(c2)c2ccccc2n3C2=CCC3=C2Cc2ccccc23)cc1C(/C=C\C)=C(/C=C)NC. The maximum atomic E-state index is 4.08. The molecule has 0 atom stereocenters. The molecular formula is C43H38N2. The molecule has 45 heavy (non-hydrogen) atoms. The summed E-state index contributed by atoms with van der Waals surface area (Å²) < 4.78 is 2.50. The molecule has 2 nitrogen and oxygen atoms in total. The van der Waals surface area contributed by atoms with Crippen molar-refractivity contribution in [3.63, 3.8) is 0 Å². The molecule has 0 fully saturated rings. The van der Waals surface area contributed by atoms with Crippen molar-refractivity contribution in [1.82, 2.24) is 9.88 Å². The van der Waals surface area contributed by atoms with Crippen LogP contribution in [0, 0.1) is 0 Å². The Morgan fingerprint density at radius 3 is 2.47 bits per heavy atom. The number of hydrogen-bond acceptors (Lipinski definition) is 1. The second-order valence-corrected chi connectivity index (χ2v) is 11.7. The number of fused-ring (bicyclic) bond motifs is 5. The van der Waals surface area contributed by atoms with E-state index in [-0.39, 0.29) is 0 Å². The summed E-state index contributed by atoms with van der Waals surface area (Å²) in [6, 6.07) is 31.6. The van der Waals surface area contributed by atoms with Gasteiger partial charge in [-0.15, -0.1) is 0 Å². The number of allylic oxidation sites excluding steroid dienone is 11. The number of rotatable bonds is 9. The van der Waals surface area contributed by atoms with Gasteiger partial charge >= 0.3 is 0 Å². The van der Waals surface area contributed by atoms with Crippen molar-refractivity contribution in [2.24, 2.45) is 0 Å². The minimum Gasteiger partial charge on any atom is -0.388 e. The molecule has 0 amide bonds. The van der Waals surface area contributed by atoms with Crippen molar-refractivity contribution >= 4 is 38.6 Å². The summed E-state index contributed by atoms with van der Waals surface area (Å²) in [5.41, 5.74) is 16.7. The van der Waals surface area contributed by atoms with Crippen LogP contribution in [0.5, 0.6) is 0 Å². The lowest BCUT2D eigenvalue weighted by Crippen LogP contribution is -2.07. The van der Waals surface area contributed by atoms with Crippen LogP contribution in [0.1, 0.15) is 35.6 Å². The molecule has 4 aromatic carbocycles. The molecule has 1 heterocycles. The van der Waals surface area contributed by atoms with Gasteiger partial charge in [0.25, 0.3) is 0 Å². The van der Waals surface area contributed by atoms with Crippen LogP contribution < -0.4 is 5.32 Å². The zero-order valence-corrected chi connectivity index (χ0v) is 26.1. The van der Waals surface area contributed by atoms with Crippen molar-refractivity contribution < 1.29 is 0 Å². The van der Waals surface area contributed by atoms with Gasteiger partial charge in [-0.05, 0) is 94.6 Å². The fourth-order valence-electron chi connectivity index (χ4n) is 7.18. The Labute approximate surface area is 266 Å². The molecule has 1 N–H and O–H groups in total. The van der Waals surface area contributed by atoms with E-state index in [0.29, 0.717) is 0 Å². The number of para-hydroxylation sites is 1.